The summed E-state index contributed by atoms with van der Waals surface area (Å²) in [6.07, 6.45) is 10.4. The van der Waals surface area contributed by atoms with Crippen molar-refractivity contribution in [2.24, 2.45) is 0 Å². The standard InChI is InChI=1S/C14H14O/c1-2-3-5-10-14(15)12-11-13-8-6-4-7-9-13/h2-12H,1H3/b3-2+,10-5+,12-11+. The fourth-order valence-electron chi connectivity index (χ4n) is 1.06. The number of carbonyl (C=O) groups is 1. The maximum atomic E-state index is 11.3. The Hall–Kier alpha value is -1.89. The van der Waals surface area contributed by atoms with Gasteiger partial charge in [0.15, 0.2) is 5.78 Å². The molecule has 1 nitrogen and oxygen atoms in total. The van der Waals surface area contributed by atoms with Crippen LogP contribution >= 0.6 is 0 Å². The van der Waals surface area contributed by atoms with Crippen LogP contribution in [0.1, 0.15) is 12.5 Å². The van der Waals surface area contributed by atoms with Crippen molar-refractivity contribution in [3.05, 3.63) is 66.3 Å². The first-order valence-electron chi connectivity index (χ1n) is 4.89. The first kappa shape index (κ1) is 11.2. The molecule has 0 bridgehead atoms. The average molecular weight is 198 g/mol. The van der Waals surface area contributed by atoms with E-state index in [9.17, 15) is 4.79 Å². The van der Waals surface area contributed by atoms with Gasteiger partial charge in [0.2, 0.25) is 0 Å². The molecule has 0 unspecified atom stereocenters. The van der Waals surface area contributed by atoms with E-state index >= 15 is 0 Å². The lowest BCUT2D eigenvalue weighted by molar-refractivity contribution is -0.110. The molecule has 15 heavy (non-hydrogen) atoms. The minimum Gasteiger partial charge on any atom is -0.290 e. The Balaban J connectivity index is 2.55. The van der Waals surface area contributed by atoms with Crippen molar-refractivity contribution in [2.45, 2.75) is 6.92 Å². The van der Waals surface area contributed by atoms with Gasteiger partial charge in [-0.25, -0.2) is 0 Å². The highest BCUT2D eigenvalue weighted by molar-refractivity contribution is 6.02. The van der Waals surface area contributed by atoms with Crippen molar-refractivity contribution >= 4 is 11.9 Å². The molecule has 0 aliphatic heterocycles. The van der Waals surface area contributed by atoms with E-state index in [1.807, 2.05) is 55.5 Å². The van der Waals surface area contributed by atoms with E-state index in [0.29, 0.717) is 0 Å². The minimum absolute atomic E-state index is 0.00282. The lowest BCUT2D eigenvalue weighted by Gasteiger charge is -1.89. The Labute approximate surface area is 90.4 Å². The van der Waals surface area contributed by atoms with Gasteiger partial charge in [0.1, 0.15) is 0 Å². The van der Waals surface area contributed by atoms with Crippen LogP contribution in [0.2, 0.25) is 0 Å². The highest BCUT2D eigenvalue weighted by atomic mass is 16.1. The number of ketones is 1. The zero-order valence-corrected chi connectivity index (χ0v) is 8.76. The lowest BCUT2D eigenvalue weighted by Crippen LogP contribution is -1.83. The second kappa shape index (κ2) is 6.55. The molecule has 1 rings (SSSR count). The topological polar surface area (TPSA) is 17.1 Å². The molecule has 76 valence electrons. The number of allylic oxidation sites excluding steroid dienone is 5. The van der Waals surface area contributed by atoms with Gasteiger partial charge in [-0.15, -0.1) is 0 Å². The molecule has 0 saturated carbocycles. The number of carbonyl (C=O) groups excluding carboxylic acids is 1. The summed E-state index contributed by atoms with van der Waals surface area (Å²) in [5, 5.41) is 0. The summed E-state index contributed by atoms with van der Waals surface area (Å²) in [5.41, 5.74) is 1.03. The molecule has 0 N–H and O–H groups in total. The highest BCUT2D eigenvalue weighted by Crippen LogP contribution is 2.00. The summed E-state index contributed by atoms with van der Waals surface area (Å²) in [5.74, 6) is -0.00282. The van der Waals surface area contributed by atoms with Gasteiger partial charge in [0.05, 0.1) is 0 Å². The monoisotopic (exact) mass is 198 g/mol. The molecule has 0 aliphatic rings. The van der Waals surface area contributed by atoms with Crippen LogP contribution in [0.5, 0.6) is 0 Å². The zero-order chi connectivity index (χ0) is 10.9. The molecular weight excluding hydrogens is 184 g/mol. The van der Waals surface area contributed by atoms with Gasteiger partial charge in [-0.3, -0.25) is 4.79 Å². The molecule has 0 aliphatic carbocycles. The van der Waals surface area contributed by atoms with Crippen molar-refractivity contribution in [2.75, 3.05) is 0 Å². The highest BCUT2D eigenvalue weighted by Gasteiger charge is 1.87. The fraction of sp³-hybridized carbons (Fsp3) is 0.0714. The third-order valence-electron chi connectivity index (χ3n) is 1.80. The van der Waals surface area contributed by atoms with Crippen molar-refractivity contribution < 1.29 is 4.79 Å². The molecule has 0 amide bonds. The number of rotatable bonds is 4. The Morgan fingerprint density at radius 2 is 1.80 bits per heavy atom. The minimum atomic E-state index is -0.00282. The molecule has 1 aromatic rings. The van der Waals surface area contributed by atoms with Crippen LogP contribution < -0.4 is 0 Å². The first-order chi connectivity index (χ1) is 7.33. The van der Waals surface area contributed by atoms with Gasteiger partial charge >= 0.3 is 0 Å². The Bertz CT molecular complexity index is 383. The smallest absolute Gasteiger partial charge is 0.178 e. The van der Waals surface area contributed by atoms with Gasteiger partial charge in [0, 0.05) is 0 Å². The average Bonchev–Trinajstić information content (AvgIpc) is 2.28. The molecule has 0 fully saturated rings. The SMILES string of the molecule is C/C=C/C=C/C(=O)/C=C/c1ccccc1. The maximum Gasteiger partial charge on any atom is 0.178 e. The van der Waals surface area contributed by atoms with E-state index in [4.69, 9.17) is 0 Å². The third kappa shape index (κ3) is 4.77. The second-order valence-corrected chi connectivity index (χ2v) is 3.03. The molecule has 0 heterocycles. The first-order valence-corrected chi connectivity index (χ1v) is 4.89. The van der Waals surface area contributed by atoms with Crippen molar-refractivity contribution in [1.29, 1.82) is 0 Å². The summed E-state index contributed by atoms with van der Waals surface area (Å²) in [6, 6.07) is 9.75. The van der Waals surface area contributed by atoms with Gasteiger partial charge in [-0.1, -0.05) is 54.6 Å². The molecule has 1 heteroatoms. The summed E-state index contributed by atoms with van der Waals surface area (Å²) in [7, 11) is 0. The van der Waals surface area contributed by atoms with Crippen LogP contribution in [0.15, 0.2) is 60.7 Å². The van der Waals surface area contributed by atoms with Crippen LogP contribution in [0.4, 0.5) is 0 Å². The number of hydrogen-bond acceptors (Lipinski definition) is 1. The molecule has 0 atom stereocenters. The summed E-state index contributed by atoms with van der Waals surface area (Å²) < 4.78 is 0. The van der Waals surface area contributed by atoms with E-state index in [-0.39, 0.29) is 5.78 Å². The molecule has 0 spiro atoms. The van der Waals surface area contributed by atoms with Crippen molar-refractivity contribution in [1.82, 2.24) is 0 Å². The predicted molar refractivity (Wildman–Crippen MR) is 64.4 cm³/mol. The van der Waals surface area contributed by atoms with E-state index in [1.165, 1.54) is 0 Å². The fourth-order valence-corrected chi connectivity index (χ4v) is 1.06. The maximum absolute atomic E-state index is 11.3. The van der Waals surface area contributed by atoms with E-state index in [0.717, 1.165) is 5.56 Å². The summed E-state index contributed by atoms with van der Waals surface area (Å²) >= 11 is 0. The molecule has 0 saturated heterocycles. The van der Waals surface area contributed by atoms with E-state index in [1.54, 1.807) is 18.2 Å². The lowest BCUT2D eigenvalue weighted by atomic mass is 10.2. The normalized spacial score (nSPS) is 11.8. The van der Waals surface area contributed by atoms with Gasteiger partial charge in [-0.05, 0) is 24.6 Å². The molecule has 0 radical (unpaired) electrons. The Morgan fingerprint density at radius 1 is 1.07 bits per heavy atom. The van der Waals surface area contributed by atoms with Gasteiger partial charge in [0.25, 0.3) is 0 Å². The van der Waals surface area contributed by atoms with Crippen LogP contribution in [0.3, 0.4) is 0 Å². The van der Waals surface area contributed by atoms with Gasteiger partial charge < -0.3 is 0 Å². The van der Waals surface area contributed by atoms with E-state index < -0.39 is 0 Å². The van der Waals surface area contributed by atoms with Gasteiger partial charge in [-0.2, -0.15) is 0 Å². The quantitative estimate of drug-likeness (QED) is 0.535. The second-order valence-electron chi connectivity index (χ2n) is 3.03. The summed E-state index contributed by atoms with van der Waals surface area (Å²) in [6.45, 7) is 1.91. The van der Waals surface area contributed by atoms with Crippen LogP contribution in [-0.2, 0) is 4.79 Å². The Kier molecular flexibility index (Phi) is 4.88. The van der Waals surface area contributed by atoms with Crippen molar-refractivity contribution in [3.8, 4) is 0 Å². The van der Waals surface area contributed by atoms with E-state index in [2.05, 4.69) is 0 Å². The van der Waals surface area contributed by atoms with Crippen LogP contribution in [0.25, 0.3) is 6.08 Å². The molecule has 1 aromatic carbocycles. The molecule has 0 aromatic heterocycles. The Morgan fingerprint density at radius 3 is 2.47 bits per heavy atom. The third-order valence-corrected chi connectivity index (χ3v) is 1.80. The molecular formula is C14H14O. The van der Waals surface area contributed by atoms with Crippen molar-refractivity contribution in [3.63, 3.8) is 0 Å². The number of benzene rings is 1. The van der Waals surface area contributed by atoms with Crippen LogP contribution in [-0.4, -0.2) is 5.78 Å². The largest absolute Gasteiger partial charge is 0.290 e. The summed E-state index contributed by atoms with van der Waals surface area (Å²) in [4.78, 5) is 11.3. The van der Waals surface area contributed by atoms with Crippen LogP contribution in [0, 0.1) is 0 Å². The zero-order valence-electron chi connectivity index (χ0n) is 8.76. The number of hydrogen-bond donors (Lipinski definition) is 0. The predicted octanol–water partition coefficient (Wildman–Crippen LogP) is 3.40.